The fraction of sp³-hybridized carbons (Fsp3) is 0. The lowest BCUT2D eigenvalue weighted by Crippen LogP contribution is -1.88. The van der Waals surface area contributed by atoms with Crippen molar-refractivity contribution < 1.29 is 4.42 Å². The molecule has 0 aliphatic heterocycles. The molecule has 0 radical (unpaired) electrons. The third-order valence-electron chi connectivity index (χ3n) is 12.8. The minimum atomic E-state index is 0.901. The highest BCUT2D eigenvalue weighted by atomic mass is 16.3. The summed E-state index contributed by atoms with van der Waals surface area (Å²) >= 11 is 0. The summed E-state index contributed by atoms with van der Waals surface area (Å²) in [6, 6.07) is 75.9. The Balaban J connectivity index is 0.912. The van der Waals surface area contributed by atoms with Crippen molar-refractivity contribution in [1.82, 2.24) is 0 Å². The number of hydrogen-bond acceptors (Lipinski definition) is 1. The quantitative estimate of drug-likeness (QED) is 0.164. The zero-order valence-corrected chi connectivity index (χ0v) is 32.0. The van der Waals surface area contributed by atoms with Crippen molar-refractivity contribution in [3.05, 3.63) is 206 Å². The molecular formula is C58H34O. The topological polar surface area (TPSA) is 13.1 Å². The lowest BCUT2D eigenvalue weighted by atomic mass is 9.88. The minimum Gasteiger partial charge on any atom is -0.456 e. The van der Waals surface area contributed by atoms with Crippen LogP contribution in [0.15, 0.2) is 211 Å². The summed E-state index contributed by atoms with van der Waals surface area (Å²) in [7, 11) is 0. The molecule has 0 atom stereocenters. The van der Waals surface area contributed by atoms with Crippen molar-refractivity contribution in [1.29, 1.82) is 0 Å². The van der Waals surface area contributed by atoms with Gasteiger partial charge in [0, 0.05) is 10.8 Å². The Kier molecular flexibility index (Phi) is 6.79. The van der Waals surface area contributed by atoms with E-state index in [4.69, 9.17) is 4.42 Å². The molecule has 12 aromatic carbocycles. The summed E-state index contributed by atoms with van der Waals surface area (Å²) in [6.45, 7) is 0. The molecular weight excluding hydrogens is 713 g/mol. The van der Waals surface area contributed by atoms with Crippen LogP contribution < -0.4 is 0 Å². The van der Waals surface area contributed by atoms with Crippen molar-refractivity contribution >= 4 is 97.3 Å². The first kappa shape index (κ1) is 32.4. The van der Waals surface area contributed by atoms with E-state index < -0.39 is 0 Å². The lowest BCUT2D eigenvalue weighted by Gasteiger charge is -2.15. The molecule has 0 aliphatic rings. The molecule has 1 heterocycles. The van der Waals surface area contributed by atoms with E-state index in [1.807, 2.05) is 0 Å². The molecule has 1 aromatic heterocycles. The first-order valence-electron chi connectivity index (χ1n) is 20.4. The van der Waals surface area contributed by atoms with E-state index in [2.05, 4.69) is 206 Å². The largest absolute Gasteiger partial charge is 0.456 e. The maximum atomic E-state index is 6.41. The second-order valence-corrected chi connectivity index (χ2v) is 16.0. The summed E-state index contributed by atoms with van der Waals surface area (Å²) in [5, 5.41) is 20.1. The SMILES string of the molecule is c1ccc2c(c1)cc(-c1ccc3oc4ccc(-c5ccc6cc(-c7cc8ccc9ccc%10ccccc%10c9c8c8ccccc78)ccc6c5)cc4c3c1)c1ccccc12. The monoisotopic (exact) mass is 746 g/mol. The van der Waals surface area contributed by atoms with Crippen molar-refractivity contribution in [2.24, 2.45) is 0 Å². The van der Waals surface area contributed by atoms with Gasteiger partial charge in [0.15, 0.2) is 0 Å². The maximum absolute atomic E-state index is 6.41. The van der Waals surface area contributed by atoms with Gasteiger partial charge in [-0.05, 0) is 157 Å². The Hall–Kier alpha value is -7.74. The molecule has 1 nitrogen and oxygen atoms in total. The van der Waals surface area contributed by atoms with Gasteiger partial charge in [-0.25, -0.2) is 0 Å². The fourth-order valence-corrected chi connectivity index (χ4v) is 9.94. The highest BCUT2D eigenvalue weighted by molar-refractivity contribution is 6.29. The Bertz CT molecular complexity index is 3900. The first-order chi connectivity index (χ1) is 29.2. The molecule has 0 fully saturated rings. The van der Waals surface area contributed by atoms with E-state index in [0.717, 1.165) is 21.9 Å². The molecule has 0 saturated carbocycles. The molecule has 59 heavy (non-hydrogen) atoms. The van der Waals surface area contributed by atoms with Crippen LogP contribution in [0.1, 0.15) is 0 Å². The second-order valence-electron chi connectivity index (χ2n) is 16.0. The number of hydrogen-bond donors (Lipinski definition) is 0. The van der Waals surface area contributed by atoms with Crippen LogP contribution in [0.25, 0.3) is 131 Å². The van der Waals surface area contributed by atoms with Crippen LogP contribution in [-0.4, -0.2) is 0 Å². The molecule has 0 unspecified atom stereocenters. The molecule has 0 saturated heterocycles. The summed E-state index contributed by atoms with van der Waals surface area (Å²) in [4.78, 5) is 0. The standard InChI is InChI=1S/C58H34O/c1-4-12-46-35(9-1)17-18-36-19-24-44-34-52(49-15-7-8-16-50(49)58(44)57(36)46)42-23-22-37-29-38(20-21-39(37)30-42)40-25-27-55-53(31-40)54-33-43(26-28-56(54)59-55)51-32-41-10-2-3-11-45(41)47-13-5-6-14-48(47)51/h1-34H. The highest BCUT2D eigenvalue weighted by Crippen LogP contribution is 2.43. The van der Waals surface area contributed by atoms with Crippen LogP contribution in [0.4, 0.5) is 0 Å². The minimum absolute atomic E-state index is 0.901. The second kappa shape index (κ2) is 12.4. The van der Waals surface area contributed by atoms with E-state index in [1.54, 1.807) is 0 Å². The van der Waals surface area contributed by atoms with E-state index in [0.29, 0.717) is 0 Å². The van der Waals surface area contributed by atoms with Crippen LogP contribution in [0.5, 0.6) is 0 Å². The van der Waals surface area contributed by atoms with Crippen LogP contribution in [-0.2, 0) is 0 Å². The number of furan rings is 1. The lowest BCUT2D eigenvalue weighted by molar-refractivity contribution is 0.669. The Morgan fingerprint density at radius 2 is 0.661 bits per heavy atom. The van der Waals surface area contributed by atoms with Crippen LogP contribution in [0.3, 0.4) is 0 Å². The van der Waals surface area contributed by atoms with Crippen molar-refractivity contribution in [3.63, 3.8) is 0 Å². The summed E-state index contributed by atoms with van der Waals surface area (Å²) in [5.41, 5.74) is 9.07. The van der Waals surface area contributed by atoms with Gasteiger partial charge in [0.1, 0.15) is 11.2 Å². The molecule has 13 rings (SSSR count). The molecule has 0 bridgehead atoms. The van der Waals surface area contributed by atoms with Gasteiger partial charge in [-0.15, -0.1) is 0 Å². The van der Waals surface area contributed by atoms with Gasteiger partial charge < -0.3 is 4.42 Å². The van der Waals surface area contributed by atoms with E-state index in [1.165, 1.54) is 109 Å². The van der Waals surface area contributed by atoms with Crippen molar-refractivity contribution in [2.45, 2.75) is 0 Å². The van der Waals surface area contributed by atoms with Crippen LogP contribution >= 0.6 is 0 Å². The Morgan fingerprint density at radius 3 is 1.42 bits per heavy atom. The molecule has 272 valence electrons. The predicted molar refractivity (Wildman–Crippen MR) is 253 cm³/mol. The van der Waals surface area contributed by atoms with Gasteiger partial charge in [0.25, 0.3) is 0 Å². The summed E-state index contributed by atoms with van der Waals surface area (Å²) < 4.78 is 6.41. The average molecular weight is 747 g/mol. The van der Waals surface area contributed by atoms with Gasteiger partial charge >= 0.3 is 0 Å². The van der Waals surface area contributed by atoms with E-state index >= 15 is 0 Å². The average Bonchev–Trinajstić information content (AvgIpc) is 3.67. The van der Waals surface area contributed by atoms with Crippen LogP contribution in [0.2, 0.25) is 0 Å². The van der Waals surface area contributed by atoms with Gasteiger partial charge in [-0.2, -0.15) is 0 Å². The van der Waals surface area contributed by atoms with Crippen molar-refractivity contribution in [2.75, 3.05) is 0 Å². The molecule has 0 amide bonds. The normalized spacial score (nSPS) is 12.1. The summed E-state index contributed by atoms with van der Waals surface area (Å²) in [6.07, 6.45) is 0. The third kappa shape index (κ3) is 4.92. The zero-order chi connectivity index (χ0) is 38.6. The predicted octanol–water partition coefficient (Wildman–Crippen LogP) is 16.7. The van der Waals surface area contributed by atoms with Crippen LogP contribution in [0, 0.1) is 0 Å². The molecule has 1 heteroatoms. The maximum Gasteiger partial charge on any atom is 0.135 e. The van der Waals surface area contributed by atoms with Crippen molar-refractivity contribution in [3.8, 4) is 33.4 Å². The zero-order valence-electron chi connectivity index (χ0n) is 32.0. The Labute approximate surface area is 340 Å². The fourth-order valence-electron chi connectivity index (χ4n) is 9.94. The summed E-state index contributed by atoms with van der Waals surface area (Å²) in [5.74, 6) is 0. The van der Waals surface area contributed by atoms with Gasteiger partial charge in [0.2, 0.25) is 0 Å². The molecule has 0 N–H and O–H groups in total. The van der Waals surface area contributed by atoms with E-state index in [-0.39, 0.29) is 0 Å². The molecule has 13 aromatic rings. The molecule has 0 aliphatic carbocycles. The van der Waals surface area contributed by atoms with Gasteiger partial charge in [-0.1, -0.05) is 158 Å². The number of rotatable bonds is 3. The first-order valence-corrected chi connectivity index (χ1v) is 20.4. The van der Waals surface area contributed by atoms with Gasteiger partial charge in [0.05, 0.1) is 0 Å². The van der Waals surface area contributed by atoms with Gasteiger partial charge in [-0.3, -0.25) is 0 Å². The van der Waals surface area contributed by atoms with E-state index in [9.17, 15) is 0 Å². The Morgan fingerprint density at radius 1 is 0.220 bits per heavy atom. The molecule has 0 spiro atoms. The smallest absolute Gasteiger partial charge is 0.135 e. The number of benzene rings is 12. The highest BCUT2D eigenvalue weighted by Gasteiger charge is 2.16. The third-order valence-corrected chi connectivity index (χ3v) is 12.8. The number of fused-ring (bicyclic) bond motifs is 14.